The van der Waals surface area contributed by atoms with Crippen molar-refractivity contribution in [3.8, 4) is 11.6 Å². The van der Waals surface area contributed by atoms with Crippen LogP contribution in [-0.2, 0) is 12.7 Å². The minimum absolute atomic E-state index is 0.196. The molecule has 0 aliphatic carbocycles. The third-order valence-electron chi connectivity index (χ3n) is 4.96. The second-order valence-corrected chi connectivity index (χ2v) is 6.84. The van der Waals surface area contributed by atoms with Gasteiger partial charge in [-0.3, -0.25) is 0 Å². The van der Waals surface area contributed by atoms with Crippen LogP contribution in [0.4, 0.5) is 22.0 Å². The van der Waals surface area contributed by atoms with Crippen molar-refractivity contribution in [1.29, 1.82) is 0 Å². The smallest absolute Gasteiger partial charge is 0.434 e. The molecule has 3 aromatic rings. The molecule has 1 aliphatic rings. The predicted molar refractivity (Wildman–Crippen MR) is 98.1 cm³/mol. The molecule has 1 unspecified atom stereocenters. The Labute approximate surface area is 168 Å². The molecule has 1 aromatic heterocycles. The number of halogens is 5. The molecule has 156 valence electrons. The molecule has 0 saturated heterocycles. The van der Waals surface area contributed by atoms with E-state index in [0.29, 0.717) is 35.7 Å². The van der Waals surface area contributed by atoms with E-state index in [1.54, 1.807) is 24.3 Å². The summed E-state index contributed by atoms with van der Waals surface area (Å²) >= 11 is 0. The zero-order valence-electron chi connectivity index (χ0n) is 15.5. The molecular weight excluding hydrogens is 405 g/mol. The van der Waals surface area contributed by atoms with Crippen molar-refractivity contribution in [2.24, 2.45) is 0 Å². The van der Waals surface area contributed by atoms with E-state index < -0.39 is 17.7 Å². The third kappa shape index (κ3) is 3.97. The van der Waals surface area contributed by atoms with Crippen LogP contribution in [-0.4, -0.2) is 16.7 Å². The summed E-state index contributed by atoms with van der Waals surface area (Å²) in [5.41, 5.74) is 0.255. The molecule has 0 radical (unpaired) electrons. The van der Waals surface area contributed by atoms with Gasteiger partial charge in [0.2, 0.25) is 5.88 Å². The fourth-order valence-corrected chi connectivity index (χ4v) is 3.53. The first-order valence-corrected chi connectivity index (χ1v) is 9.20. The van der Waals surface area contributed by atoms with Crippen LogP contribution in [0.3, 0.4) is 0 Å². The Hall–Kier alpha value is -3.07. The summed E-state index contributed by atoms with van der Waals surface area (Å²) in [5.74, 6) is -1.85. The number of nitrogens with zero attached hydrogens (tertiary/aromatic N) is 2. The summed E-state index contributed by atoms with van der Waals surface area (Å²) < 4.78 is 72.7. The first kappa shape index (κ1) is 20.2. The SMILES string of the molecule is Fc1ccccc1C1CCNCc2c1ccc(Oc1ccc(C(F)(F)F)nn1)c2F. The summed E-state index contributed by atoms with van der Waals surface area (Å²) in [6.07, 6.45) is -4.05. The Bertz CT molecular complexity index is 1050. The molecule has 0 fully saturated rings. The maximum absolute atomic E-state index is 15.2. The maximum Gasteiger partial charge on any atom is 0.435 e. The van der Waals surface area contributed by atoms with Gasteiger partial charge in [-0.2, -0.15) is 13.2 Å². The normalized spacial score (nSPS) is 16.6. The van der Waals surface area contributed by atoms with Crippen molar-refractivity contribution in [2.75, 3.05) is 6.54 Å². The number of hydrogen-bond donors (Lipinski definition) is 1. The summed E-state index contributed by atoms with van der Waals surface area (Å²) in [4.78, 5) is 0. The molecule has 1 N–H and O–H groups in total. The van der Waals surface area contributed by atoms with E-state index in [4.69, 9.17) is 4.74 Å². The van der Waals surface area contributed by atoms with Crippen LogP contribution in [0.2, 0.25) is 0 Å². The minimum Gasteiger partial charge on any atom is -0.434 e. The van der Waals surface area contributed by atoms with Crippen LogP contribution < -0.4 is 10.1 Å². The third-order valence-corrected chi connectivity index (χ3v) is 4.96. The Kier molecular flexibility index (Phi) is 5.38. The van der Waals surface area contributed by atoms with Gasteiger partial charge in [-0.25, -0.2) is 8.78 Å². The molecular formula is C21H16F5N3O. The minimum atomic E-state index is -4.63. The Balaban J connectivity index is 1.67. The first-order chi connectivity index (χ1) is 14.3. The quantitative estimate of drug-likeness (QED) is 0.592. The van der Waals surface area contributed by atoms with E-state index in [-0.39, 0.29) is 29.9 Å². The Morgan fingerprint density at radius 2 is 1.73 bits per heavy atom. The molecule has 30 heavy (non-hydrogen) atoms. The molecule has 2 aromatic carbocycles. The van der Waals surface area contributed by atoms with Crippen LogP contribution in [0.15, 0.2) is 48.5 Å². The van der Waals surface area contributed by atoms with E-state index in [0.717, 1.165) is 6.07 Å². The topological polar surface area (TPSA) is 47.0 Å². The molecule has 2 heterocycles. The van der Waals surface area contributed by atoms with Gasteiger partial charge in [-0.05, 0) is 42.3 Å². The van der Waals surface area contributed by atoms with Crippen LogP contribution in [0.5, 0.6) is 11.6 Å². The van der Waals surface area contributed by atoms with E-state index in [1.165, 1.54) is 12.1 Å². The van der Waals surface area contributed by atoms with Crippen molar-refractivity contribution in [3.63, 3.8) is 0 Å². The average molecular weight is 421 g/mol. The number of fused-ring (bicyclic) bond motifs is 1. The van der Waals surface area contributed by atoms with E-state index in [9.17, 15) is 17.6 Å². The molecule has 0 saturated carbocycles. The lowest BCUT2D eigenvalue weighted by Gasteiger charge is -2.20. The van der Waals surface area contributed by atoms with Crippen LogP contribution in [0.25, 0.3) is 0 Å². The van der Waals surface area contributed by atoms with E-state index in [1.807, 2.05) is 0 Å². The maximum atomic E-state index is 15.2. The molecule has 0 amide bonds. The molecule has 4 nitrogen and oxygen atoms in total. The van der Waals surface area contributed by atoms with Gasteiger partial charge in [-0.1, -0.05) is 24.3 Å². The van der Waals surface area contributed by atoms with Gasteiger partial charge in [0, 0.05) is 24.1 Å². The first-order valence-electron chi connectivity index (χ1n) is 9.20. The highest BCUT2D eigenvalue weighted by Gasteiger charge is 2.33. The van der Waals surface area contributed by atoms with Crippen molar-refractivity contribution in [1.82, 2.24) is 15.5 Å². The lowest BCUT2D eigenvalue weighted by molar-refractivity contribution is -0.141. The molecule has 1 atom stereocenters. The number of benzene rings is 2. The summed E-state index contributed by atoms with van der Waals surface area (Å²) in [6.45, 7) is 0.774. The number of aromatic nitrogens is 2. The van der Waals surface area contributed by atoms with Gasteiger partial charge < -0.3 is 10.1 Å². The highest BCUT2D eigenvalue weighted by molar-refractivity contribution is 5.45. The summed E-state index contributed by atoms with van der Waals surface area (Å²) in [6, 6.07) is 11.1. The van der Waals surface area contributed by atoms with Crippen molar-refractivity contribution in [3.05, 3.63) is 82.5 Å². The van der Waals surface area contributed by atoms with E-state index >= 15 is 4.39 Å². The zero-order valence-corrected chi connectivity index (χ0v) is 15.5. The standard InChI is InChI=1S/C21H16F5N3O/c22-16-4-2-1-3-14(16)13-9-10-27-11-15-12(13)5-6-17(20(15)23)30-19-8-7-18(28-29-19)21(24,25)26/h1-8,13,27H,9-11H2. The monoisotopic (exact) mass is 421 g/mol. The van der Waals surface area contributed by atoms with Gasteiger partial charge in [0.25, 0.3) is 0 Å². The second-order valence-electron chi connectivity index (χ2n) is 6.84. The van der Waals surface area contributed by atoms with E-state index in [2.05, 4.69) is 15.5 Å². The average Bonchev–Trinajstić information content (AvgIpc) is 2.93. The fraction of sp³-hybridized carbons (Fsp3) is 0.238. The summed E-state index contributed by atoms with van der Waals surface area (Å²) in [7, 11) is 0. The van der Waals surface area contributed by atoms with Gasteiger partial charge in [0.1, 0.15) is 5.82 Å². The number of rotatable bonds is 3. The van der Waals surface area contributed by atoms with Crippen molar-refractivity contribution < 1.29 is 26.7 Å². The highest BCUT2D eigenvalue weighted by Crippen LogP contribution is 2.38. The lowest BCUT2D eigenvalue weighted by Crippen LogP contribution is -2.13. The molecule has 4 rings (SSSR count). The van der Waals surface area contributed by atoms with Crippen molar-refractivity contribution in [2.45, 2.75) is 25.1 Å². The largest absolute Gasteiger partial charge is 0.435 e. The molecule has 0 spiro atoms. The van der Waals surface area contributed by atoms with Gasteiger partial charge in [0.15, 0.2) is 17.3 Å². The molecule has 1 aliphatic heterocycles. The number of hydrogen-bond acceptors (Lipinski definition) is 4. The predicted octanol–water partition coefficient (Wildman–Crippen LogP) is 5.19. The molecule has 9 heteroatoms. The zero-order chi connectivity index (χ0) is 21.3. The Morgan fingerprint density at radius 3 is 2.43 bits per heavy atom. The van der Waals surface area contributed by atoms with Gasteiger partial charge in [0.05, 0.1) is 0 Å². The van der Waals surface area contributed by atoms with Crippen LogP contribution in [0.1, 0.15) is 34.7 Å². The lowest BCUT2D eigenvalue weighted by atomic mass is 9.86. The van der Waals surface area contributed by atoms with Crippen LogP contribution >= 0.6 is 0 Å². The molecule has 0 bridgehead atoms. The van der Waals surface area contributed by atoms with Gasteiger partial charge in [-0.15, -0.1) is 10.2 Å². The van der Waals surface area contributed by atoms with Crippen molar-refractivity contribution >= 4 is 0 Å². The van der Waals surface area contributed by atoms with Gasteiger partial charge >= 0.3 is 6.18 Å². The fourth-order valence-electron chi connectivity index (χ4n) is 3.53. The second kappa shape index (κ2) is 7.98. The number of alkyl halides is 3. The number of nitrogens with one attached hydrogen (secondary N) is 1. The summed E-state index contributed by atoms with van der Waals surface area (Å²) in [5, 5.41) is 9.53. The highest BCUT2D eigenvalue weighted by atomic mass is 19.4. The number of ether oxygens (including phenoxy) is 1. The van der Waals surface area contributed by atoms with Crippen LogP contribution in [0, 0.1) is 11.6 Å². The Morgan fingerprint density at radius 1 is 0.933 bits per heavy atom.